The summed E-state index contributed by atoms with van der Waals surface area (Å²) in [6.07, 6.45) is 0. The van der Waals surface area contributed by atoms with Crippen molar-refractivity contribution in [2.75, 3.05) is 0 Å². The van der Waals surface area contributed by atoms with Crippen LogP contribution in [0.5, 0.6) is 0 Å². The van der Waals surface area contributed by atoms with Gasteiger partial charge in [0.15, 0.2) is 4.34 Å². The zero-order chi connectivity index (χ0) is 13.8. The van der Waals surface area contributed by atoms with Gasteiger partial charge in [-0.15, -0.1) is 11.3 Å². The van der Waals surface area contributed by atoms with Crippen LogP contribution in [0.1, 0.15) is 5.56 Å². The largest absolute Gasteiger partial charge is 0.230 e. The quantitative estimate of drug-likeness (QED) is 0.611. The molecule has 0 aliphatic heterocycles. The van der Waals surface area contributed by atoms with Crippen LogP contribution in [-0.2, 0) is 5.75 Å². The Morgan fingerprint density at radius 2 is 1.75 bits per heavy atom. The summed E-state index contributed by atoms with van der Waals surface area (Å²) in [4.78, 5) is 4.58. The Morgan fingerprint density at radius 3 is 2.55 bits per heavy atom. The van der Waals surface area contributed by atoms with Crippen LogP contribution in [0, 0.1) is 5.82 Å². The van der Waals surface area contributed by atoms with Crippen molar-refractivity contribution in [1.82, 2.24) is 4.98 Å². The van der Waals surface area contributed by atoms with Crippen molar-refractivity contribution < 1.29 is 4.39 Å². The summed E-state index contributed by atoms with van der Waals surface area (Å²) in [5.41, 5.74) is 2.81. The highest BCUT2D eigenvalue weighted by molar-refractivity contribution is 8.00. The smallest absolute Gasteiger partial charge is 0.150 e. The lowest BCUT2D eigenvalue weighted by Gasteiger charge is -2.00. The first-order valence-electron chi connectivity index (χ1n) is 6.20. The average molecular weight is 301 g/mol. The van der Waals surface area contributed by atoms with Crippen LogP contribution in [0.2, 0.25) is 0 Å². The molecule has 0 aliphatic rings. The Hall–Kier alpha value is -1.65. The number of hydrogen-bond donors (Lipinski definition) is 0. The Labute approximate surface area is 125 Å². The number of halogens is 1. The third-order valence-electron chi connectivity index (χ3n) is 2.86. The van der Waals surface area contributed by atoms with Crippen LogP contribution < -0.4 is 0 Å². The molecule has 4 heteroatoms. The first-order valence-corrected chi connectivity index (χ1v) is 8.06. The molecule has 2 aromatic carbocycles. The first kappa shape index (κ1) is 13.3. The minimum atomic E-state index is -0.153. The van der Waals surface area contributed by atoms with E-state index in [0.29, 0.717) is 11.3 Å². The second kappa shape index (κ2) is 6.20. The Kier molecular flexibility index (Phi) is 4.14. The Bertz CT molecular complexity index is 694. The second-order valence-electron chi connectivity index (χ2n) is 4.24. The minimum absolute atomic E-state index is 0.153. The van der Waals surface area contributed by atoms with Crippen LogP contribution in [0.15, 0.2) is 64.3 Å². The fourth-order valence-corrected chi connectivity index (χ4v) is 3.64. The van der Waals surface area contributed by atoms with E-state index < -0.39 is 0 Å². The average Bonchev–Trinajstić information content (AvgIpc) is 2.96. The van der Waals surface area contributed by atoms with Crippen molar-refractivity contribution in [1.29, 1.82) is 0 Å². The van der Waals surface area contributed by atoms with Crippen molar-refractivity contribution in [3.63, 3.8) is 0 Å². The third kappa shape index (κ3) is 3.08. The van der Waals surface area contributed by atoms with Gasteiger partial charge in [-0.25, -0.2) is 9.37 Å². The lowest BCUT2D eigenvalue weighted by atomic mass is 10.2. The van der Waals surface area contributed by atoms with E-state index >= 15 is 0 Å². The van der Waals surface area contributed by atoms with Gasteiger partial charge in [0.25, 0.3) is 0 Å². The fraction of sp³-hybridized carbons (Fsp3) is 0.0625. The molecule has 100 valence electrons. The normalized spacial score (nSPS) is 10.7. The zero-order valence-corrected chi connectivity index (χ0v) is 12.3. The van der Waals surface area contributed by atoms with Gasteiger partial charge in [0, 0.05) is 16.7 Å². The van der Waals surface area contributed by atoms with Crippen molar-refractivity contribution >= 4 is 23.1 Å². The summed E-state index contributed by atoms with van der Waals surface area (Å²) in [5.74, 6) is 0.453. The van der Waals surface area contributed by atoms with Gasteiger partial charge in [0.2, 0.25) is 0 Å². The van der Waals surface area contributed by atoms with Crippen molar-refractivity contribution in [3.05, 3.63) is 71.4 Å². The molecule has 0 bridgehead atoms. The lowest BCUT2D eigenvalue weighted by molar-refractivity contribution is 0.617. The maximum absolute atomic E-state index is 13.5. The summed E-state index contributed by atoms with van der Waals surface area (Å²) in [7, 11) is 0. The molecule has 0 amide bonds. The molecule has 0 unspecified atom stereocenters. The lowest BCUT2D eigenvalue weighted by Crippen LogP contribution is -1.86. The van der Waals surface area contributed by atoms with E-state index in [1.807, 2.05) is 47.8 Å². The minimum Gasteiger partial charge on any atom is -0.230 e. The molecule has 1 heterocycles. The molecule has 20 heavy (non-hydrogen) atoms. The van der Waals surface area contributed by atoms with Gasteiger partial charge in [-0.05, 0) is 11.6 Å². The molecule has 0 radical (unpaired) electrons. The van der Waals surface area contributed by atoms with Crippen LogP contribution >= 0.6 is 23.1 Å². The highest BCUT2D eigenvalue weighted by atomic mass is 32.2. The maximum atomic E-state index is 13.5. The summed E-state index contributed by atoms with van der Waals surface area (Å²) >= 11 is 3.17. The molecule has 0 atom stereocenters. The molecule has 1 nitrogen and oxygen atoms in total. The number of hydrogen-bond acceptors (Lipinski definition) is 3. The van der Waals surface area contributed by atoms with Gasteiger partial charge >= 0.3 is 0 Å². The molecule has 0 saturated carbocycles. The number of thioether (sulfide) groups is 1. The second-order valence-corrected chi connectivity index (χ2v) is 6.33. The molecule has 3 aromatic rings. The summed E-state index contributed by atoms with van der Waals surface area (Å²) in [6.45, 7) is 0. The van der Waals surface area contributed by atoms with Gasteiger partial charge in [-0.3, -0.25) is 0 Å². The standard InChI is InChI=1S/C16H12FNS2/c17-14-9-5-4-8-13(14)10-19-16-18-15(11-20-16)12-6-2-1-3-7-12/h1-9,11H,10H2. The monoisotopic (exact) mass is 301 g/mol. The van der Waals surface area contributed by atoms with E-state index in [2.05, 4.69) is 4.98 Å². The van der Waals surface area contributed by atoms with Gasteiger partial charge in [0.05, 0.1) is 5.69 Å². The van der Waals surface area contributed by atoms with E-state index in [4.69, 9.17) is 0 Å². The number of nitrogens with zero attached hydrogens (tertiary/aromatic N) is 1. The van der Waals surface area contributed by atoms with Crippen molar-refractivity contribution in [2.45, 2.75) is 10.1 Å². The topological polar surface area (TPSA) is 12.9 Å². The number of rotatable bonds is 4. The van der Waals surface area contributed by atoms with E-state index in [9.17, 15) is 4.39 Å². The van der Waals surface area contributed by atoms with E-state index in [-0.39, 0.29) is 5.82 Å². The number of aromatic nitrogens is 1. The molecular formula is C16H12FNS2. The molecule has 3 rings (SSSR count). The van der Waals surface area contributed by atoms with Crippen LogP contribution in [0.3, 0.4) is 0 Å². The molecular weight excluding hydrogens is 289 g/mol. The first-order chi connectivity index (χ1) is 9.83. The van der Waals surface area contributed by atoms with E-state index in [0.717, 1.165) is 15.6 Å². The third-order valence-corrected chi connectivity index (χ3v) is 4.93. The Morgan fingerprint density at radius 1 is 1.00 bits per heavy atom. The maximum Gasteiger partial charge on any atom is 0.150 e. The van der Waals surface area contributed by atoms with E-state index in [1.54, 1.807) is 29.2 Å². The summed E-state index contributed by atoms with van der Waals surface area (Å²) < 4.78 is 14.5. The highest BCUT2D eigenvalue weighted by Crippen LogP contribution is 2.30. The Balaban J connectivity index is 1.71. The SMILES string of the molecule is Fc1ccccc1CSc1nc(-c2ccccc2)cs1. The molecule has 0 saturated heterocycles. The predicted molar refractivity (Wildman–Crippen MR) is 83.5 cm³/mol. The van der Waals surface area contributed by atoms with Crippen LogP contribution in [0.4, 0.5) is 4.39 Å². The van der Waals surface area contributed by atoms with Gasteiger partial charge < -0.3 is 0 Å². The van der Waals surface area contributed by atoms with Crippen LogP contribution in [-0.4, -0.2) is 4.98 Å². The predicted octanol–water partition coefficient (Wildman–Crippen LogP) is 5.24. The molecule has 0 spiro atoms. The molecule has 0 fully saturated rings. The number of benzene rings is 2. The molecule has 0 N–H and O–H groups in total. The highest BCUT2D eigenvalue weighted by Gasteiger charge is 2.06. The zero-order valence-electron chi connectivity index (χ0n) is 10.6. The van der Waals surface area contributed by atoms with Crippen molar-refractivity contribution in [2.24, 2.45) is 0 Å². The van der Waals surface area contributed by atoms with Gasteiger partial charge in [-0.2, -0.15) is 0 Å². The van der Waals surface area contributed by atoms with E-state index in [1.165, 1.54) is 6.07 Å². The number of thiazole rings is 1. The molecule has 1 aromatic heterocycles. The van der Waals surface area contributed by atoms with Crippen molar-refractivity contribution in [3.8, 4) is 11.3 Å². The summed E-state index contributed by atoms with van der Waals surface area (Å²) in [6, 6.07) is 16.9. The van der Waals surface area contributed by atoms with Crippen LogP contribution in [0.25, 0.3) is 11.3 Å². The molecule has 0 aliphatic carbocycles. The van der Waals surface area contributed by atoms with Gasteiger partial charge in [0.1, 0.15) is 5.82 Å². The summed E-state index contributed by atoms with van der Waals surface area (Å²) in [5, 5.41) is 2.04. The fourth-order valence-electron chi connectivity index (χ4n) is 1.82. The van der Waals surface area contributed by atoms with Gasteiger partial charge in [-0.1, -0.05) is 60.3 Å².